The van der Waals surface area contributed by atoms with E-state index in [0.717, 1.165) is 0 Å². The van der Waals surface area contributed by atoms with E-state index in [9.17, 15) is 4.39 Å². The molecular formula is C11H7Cl2FN2. The molecule has 16 heavy (non-hydrogen) atoms. The van der Waals surface area contributed by atoms with Crippen LogP contribution in [0.3, 0.4) is 0 Å². The van der Waals surface area contributed by atoms with Crippen molar-refractivity contribution < 1.29 is 4.39 Å². The summed E-state index contributed by atoms with van der Waals surface area (Å²) in [6.45, 7) is 0. The van der Waals surface area contributed by atoms with Gasteiger partial charge < -0.3 is 5.73 Å². The fraction of sp³-hybridized carbons (Fsp3) is 0. The van der Waals surface area contributed by atoms with E-state index in [1.165, 1.54) is 12.1 Å². The van der Waals surface area contributed by atoms with Crippen molar-refractivity contribution in [2.24, 2.45) is 0 Å². The predicted molar refractivity (Wildman–Crippen MR) is 64.1 cm³/mol. The van der Waals surface area contributed by atoms with E-state index in [0.29, 0.717) is 15.6 Å². The van der Waals surface area contributed by atoms with Crippen molar-refractivity contribution in [2.75, 3.05) is 5.73 Å². The Labute approximate surface area is 102 Å². The highest BCUT2D eigenvalue weighted by Gasteiger charge is 2.11. The van der Waals surface area contributed by atoms with Crippen LogP contribution < -0.4 is 5.73 Å². The molecule has 2 aromatic rings. The van der Waals surface area contributed by atoms with Crippen LogP contribution >= 0.6 is 23.2 Å². The number of nitrogens with two attached hydrogens (primary N) is 1. The number of hydrogen-bond donors (Lipinski definition) is 1. The van der Waals surface area contributed by atoms with Crippen LogP contribution in [-0.4, -0.2) is 4.98 Å². The average Bonchev–Trinajstić information content (AvgIpc) is 2.23. The summed E-state index contributed by atoms with van der Waals surface area (Å²) in [6, 6.07) is 8.03. The average molecular weight is 257 g/mol. The summed E-state index contributed by atoms with van der Waals surface area (Å²) in [5, 5.41) is 0.671. The summed E-state index contributed by atoms with van der Waals surface area (Å²) in [5.41, 5.74) is 6.14. The van der Waals surface area contributed by atoms with Gasteiger partial charge in [0.05, 0.1) is 10.0 Å². The van der Waals surface area contributed by atoms with Crippen LogP contribution in [0.4, 0.5) is 10.2 Å². The van der Waals surface area contributed by atoms with E-state index >= 15 is 0 Å². The van der Waals surface area contributed by atoms with Gasteiger partial charge in [-0.05, 0) is 18.2 Å². The van der Waals surface area contributed by atoms with Crippen molar-refractivity contribution in [3.05, 3.63) is 46.3 Å². The zero-order valence-corrected chi connectivity index (χ0v) is 9.56. The number of hydrogen-bond acceptors (Lipinski definition) is 2. The first kappa shape index (κ1) is 11.2. The Morgan fingerprint density at radius 1 is 1.06 bits per heavy atom. The Kier molecular flexibility index (Phi) is 2.99. The maximum atomic E-state index is 13.6. The van der Waals surface area contributed by atoms with Crippen molar-refractivity contribution in [1.82, 2.24) is 4.98 Å². The molecule has 82 valence electrons. The van der Waals surface area contributed by atoms with E-state index in [2.05, 4.69) is 4.98 Å². The number of aromatic nitrogens is 1. The molecule has 0 saturated heterocycles. The number of anilines is 1. The Hall–Kier alpha value is -1.32. The predicted octanol–water partition coefficient (Wildman–Crippen LogP) is 3.78. The smallest absolute Gasteiger partial charge is 0.222 e. The zero-order valence-electron chi connectivity index (χ0n) is 8.05. The van der Waals surface area contributed by atoms with Gasteiger partial charge in [-0.25, -0.2) is 4.98 Å². The Morgan fingerprint density at radius 2 is 1.81 bits per heavy atom. The molecule has 2 N–H and O–H groups in total. The van der Waals surface area contributed by atoms with Crippen LogP contribution in [0.5, 0.6) is 0 Å². The molecule has 2 nitrogen and oxygen atoms in total. The molecule has 0 atom stereocenters. The van der Waals surface area contributed by atoms with Gasteiger partial charge in [0, 0.05) is 11.1 Å². The van der Waals surface area contributed by atoms with Crippen molar-refractivity contribution in [2.45, 2.75) is 0 Å². The Morgan fingerprint density at radius 3 is 2.50 bits per heavy atom. The first-order valence-electron chi connectivity index (χ1n) is 4.46. The molecule has 1 aromatic heterocycles. The lowest BCUT2D eigenvalue weighted by molar-refractivity contribution is 0.589. The van der Waals surface area contributed by atoms with Crippen molar-refractivity contribution in [3.8, 4) is 11.1 Å². The molecular weight excluding hydrogens is 250 g/mol. The lowest BCUT2D eigenvalue weighted by atomic mass is 10.1. The molecule has 0 aliphatic heterocycles. The van der Waals surface area contributed by atoms with E-state index in [1.54, 1.807) is 18.2 Å². The van der Waals surface area contributed by atoms with Crippen LogP contribution in [0.1, 0.15) is 0 Å². The summed E-state index contributed by atoms with van der Waals surface area (Å²) < 4.78 is 13.6. The summed E-state index contributed by atoms with van der Waals surface area (Å²) in [5.74, 6) is -0.538. The minimum absolute atomic E-state index is 0.124. The molecule has 0 radical (unpaired) electrons. The Balaban J connectivity index is 2.63. The second-order valence-electron chi connectivity index (χ2n) is 3.18. The minimum Gasteiger partial charge on any atom is -0.384 e. The normalized spacial score (nSPS) is 10.4. The van der Waals surface area contributed by atoms with E-state index in [1.807, 2.05) is 0 Å². The number of pyridine rings is 1. The summed E-state index contributed by atoms with van der Waals surface area (Å²) >= 11 is 11.8. The van der Waals surface area contributed by atoms with Gasteiger partial charge in [0.15, 0.2) is 0 Å². The third-order valence-corrected chi connectivity index (χ3v) is 2.93. The molecule has 5 heteroatoms. The van der Waals surface area contributed by atoms with Crippen LogP contribution in [0, 0.1) is 5.95 Å². The lowest BCUT2D eigenvalue weighted by Crippen LogP contribution is -1.95. The fourth-order valence-corrected chi connectivity index (χ4v) is 1.76. The molecule has 2 rings (SSSR count). The van der Waals surface area contributed by atoms with Gasteiger partial charge >= 0.3 is 0 Å². The monoisotopic (exact) mass is 256 g/mol. The minimum atomic E-state index is -0.663. The van der Waals surface area contributed by atoms with Crippen LogP contribution in [0.2, 0.25) is 10.0 Å². The van der Waals surface area contributed by atoms with Crippen LogP contribution in [0.15, 0.2) is 30.3 Å². The second-order valence-corrected chi connectivity index (χ2v) is 3.96. The molecule has 0 amide bonds. The quantitative estimate of drug-likeness (QED) is 0.789. The van der Waals surface area contributed by atoms with Gasteiger partial charge in [-0.2, -0.15) is 4.39 Å². The topological polar surface area (TPSA) is 38.9 Å². The highest BCUT2D eigenvalue weighted by molar-refractivity contribution is 6.43. The number of benzene rings is 1. The third kappa shape index (κ3) is 1.96. The maximum Gasteiger partial charge on any atom is 0.222 e. The number of nitrogen functional groups attached to an aromatic ring is 1. The summed E-state index contributed by atoms with van der Waals surface area (Å²) in [7, 11) is 0. The Bertz CT molecular complexity index is 544. The van der Waals surface area contributed by atoms with Crippen molar-refractivity contribution in [1.29, 1.82) is 0 Å². The first-order chi connectivity index (χ1) is 7.59. The molecule has 0 saturated carbocycles. The molecule has 0 bridgehead atoms. The third-order valence-electron chi connectivity index (χ3n) is 2.11. The largest absolute Gasteiger partial charge is 0.384 e. The van der Waals surface area contributed by atoms with Crippen LogP contribution in [-0.2, 0) is 0 Å². The number of halogens is 3. The fourth-order valence-electron chi connectivity index (χ4n) is 1.36. The molecule has 0 unspecified atom stereocenters. The standard InChI is InChI=1S/C11H7Cl2FN2/c12-8-3-1-2-6(10(8)13)7-4-5-9(15)16-11(7)14/h1-5H,(H2,15,16). The maximum absolute atomic E-state index is 13.6. The van der Waals surface area contributed by atoms with E-state index in [4.69, 9.17) is 28.9 Å². The van der Waals surface area contributed by atoms with Gasteiger partial charge in [-0.3, -0.25) is 0 Å². The first-order valence-corrected chi connectivity index (χ1v) is 5.21. The van der Waals surface area contributed by atoms with Crippen molar-refractivity contribution >= 4 is 29.0 Å². The summed E-state index contributed by atoms with van der Waals surface area (Å²) in [4.78, 5) is 3.53. The number of nitrogens with zero attached hydrogens (tertiary/aromatic N) is 1. The number of rotatable bonds is 1. The van der Waals surface area contributed by atoms with Crippen molar-refractivity contribution in [3.63, 3.8) is 0 Å². The molecule has 0 aliphatic carbocycles. The summed E-state index contributed by atoms with van der Waals surface area (Å²) in [6.07, 6.45) is 0. The zero-order chi connectivity index (χ0) is 11.7. The van der Waals surface area contributed by atoms with Crippen LogP contribution in [0.25, 0.3) is 11.1 Å². The SMILES string of the molecule is Nc1ccc(-c2cccc(Cl)c2Cl)c(F)n1. The molecule has 0 spiro atoms. The van der Waals surface area contributed by atoms with Gasteiger partial charge in [0.2, 0.25) is 5.95 Å². The lowest BCUT2D eigenvalue weighted by Gasteiger charge is -2.06. The molecule has 0 aliphatic rings. The van der Waals surface area contributed by atoms with E-state index in [-0.39, 0.29) is 11.4 Å². The molecule has 1 aromatic carbocycles. The second kappa shape index (κ2) is 4.28. The van der Waals surface area contributed by atoms with Gasteiger partial charge in [-0.15, -0.1) is 0 Å². The highest BCUT2D eigenvalue weighted by Crippen LogP contribution is 2.34. The highest BCUT2D eigenvalue weighted by atomic mass is 35.5. The van der Waals surface area contributed by atoms with Gasteiger partial charge in [-0.1, -0.05) is 35.3 Å². The van der Waals surface area contributed by atoms with Gasteiger partial charge in [0.25, 0.3) is 0 Å². The van der Waals surface area contributed by atoms with E-state index < -0.39 is 5.95 Å². The van der Waals surface area contributed by atoms with Gasteiger partial charge in [0.1, 0.15) is 5.82 Å². The molecule has 1 heterocycles. The molecule has 0 fully saturated rings.